The predicted molar refractivity (Wildman–Crippen MR) is 97.5 cm³/mol. The number of hydrogen-bond donors (Lipinski definition) is 1. The largest absolute Gasteiger partial charge is 0.493 e. The van der Waals surface area contributed by atoms with E-state index in [0.29, 0.717) is 17.9 Å². The van der Waals surface area contributed by atoms with Crippen LogP contribution in [0.1, 0.15) is 15.9 Å². The molecule has 130 valence electrons. The molecule has 0 spiro atoms. The highest BCUT2D eigenvalue weighted by Gasteiger charge is 2.17. The molecule has 0 atom stereocenters. The molecule has 1 aromatic heterocycles. The zero-order valence-electron chi connectivity index (χ0n) is 14.4. The van der Waals surface area contributed by atoms with Crippen LogP contribution < -0.4 is 15.0 Å². The molecule has 1 N–H and O–H groups in total. The molecule has 2 aliphatic rings. The highest BCUT2D eigenvalue weighted by Crippen LogP contribution is 2.26. The van der Waals surface area contributed by atoms with Crippen LogP contribution in [-0.2, 0) is 6.42 Å². The van der Waals surface area contributed by atoms with Crippen molar-refractivity contribution in [2.75, 3.05) is 50.1 Å². The quantitative estimate of drug-likeness (QED) is 0.928. The molecular formula is C19H22N4O2. The lowest BCUT2D eigenvalue weighted by molar-refractivity contribution is 0.102. The maximum absolute atomic E-state index is 12.4. The van der Waals surface area contributed by atoms with Gasteiger partial charge in [-0.1, -0.05) is 0 Å². The molecular weight excluding hydrogens is 316 g/mol. The van der Waals surface area contributed by atoms with Crippen LogP contribution >= 0.6 is 0 Å². The van der Waals surface area contributed by atoms with E-state index in [1.807, 2.05) is 24.3 Å². The summed E-state index contributed by atoms with van der Waals surface area (Å²) in [6.07, 6.45) is 2.58. The number of amides is 1. The molecule has 6 heteroatoms. The normalized spacial score (nSPS) is 17.1. The van der Waals surface area contributed by atoms with Gasteiger partial charge in [0.25, 0.3) is 5.91 Å². The minimum absolute atomic E-state index is 0.121. The fourth-order valence-corrected chi connectivity index (χ4v) is 3.21. The second kappa shape index (κ2) is 6.72. The summed E-state index contributed by atoms with van der Waals surface area (Å²) in [5.74, 6) is 1.72. The topological polar surface area (TPSA) is 57.7 Å². The first kappa shape index (κ1) is 15.9. The smallest absolute Gasteiger partial charge is 0.255 e. The third-order valence-electron chi connectivity index (χ3n) is 4.78. The van der Waals surface area contributed by atoms with E-state index in [2.05, 4.69) is 27.1 Å². The fourth-order valence-electron chi connectivity index (χ4n) is 3.21. The van der Waals surface area contributed by atoms with Gasteiger partial charge >= 0.3 is 0 Å². The molecule has 25 heavy (non-hydrogen) atoms. The number of ether oxygens (including phenoxy) is 1. The van der Waals surface area contributed by atoms with Gasteiger partial charge in [0.2, 0.25) is 0 Å². The van der Waals surface area contributed by atoms with E-state index in [-0.39, 0.29) is 5.91 Å². The molecule has 1 saturated heterocycles. The Balaban J connectivity index is 1.41. The van der Waals surface area contributed by atoms with Gasteiger partial charge < -0.3 is 19.9 Å². The molecule has 4 rings (SSSR count). The lowest BCUT2D eigenvalue weighted by Gasteiger charge is -2.33. The van der Waals surface area contributed by atoms with Gasteiger partial charge in [0.05, 0.1) is 18.5 Å². The van der Waals surface area contributed by atoms with Crippen LogP contribution in [0.5, 0.6) is 5.75 Å². The van der Waals surface area contributed by atoms with Crippen molar-refractivity contribution < 1.29 is 9.53 Å². The number of anilines is 2. The number of hydrogen-bond acceptors (Lipinski definition) is 5. The molecule has 0 unspecified atom stereocenters. The highest BCUT2D eigenvalue weighted by atomic mass is 16.5. The van der Waals surface area contributed by atoms with E-state index in [9.17, 15) is 4.79 Å². The number of pyridine rings is 1. The van der Waals surface area contributed by atoms with Crippen molar-refractivity contribution in [1.82, 2.24) is 9.88 Å². The summed E-state index contributed by atoms with van der Waals surface area (Å²) in [7, 11) is 2.13. The van der Waals surface area contributed by atoms with Crippen molar-refractivity contribution in [1.29, 1.82) is 0 Å². The summed E-state index contributed by atoms with van der Waals surface area (Å²) in [6.45, 7) is 4.74. The maximum atomic E-state index is 12.4. The number of carbonyl (C=O) groups excluding carboxylic acids is 1. The Morgan fingerprint density at radius 1 is 1.16 bits per heavy atom. The Bertz CT molecular complexity index is 767. The van der Waals surface area contributed by atoms with Gasteiger partial charge in [-0.25, -0.2) is 4.98 Å². The van der Waals surface area contributed by atoms with E-state index in [4.69, 9.17) is 4.74 Å². The summed E-state index contributed by atoms with van der Waals surface area (Å²) in [6, 6.07) is 9.45. The molecule has 2 aromatic rings. The fraction of sp³-hybridized carbons (Fsp3) is 0.368. The number of nitrogens with one attached hydrogen (secondary N) is 1. The van der Waals surface area contributed by atoms with E-state index in [0.717, 1.165) is 49.7 Å². The number of likely N-dealkylation sites (N-methyl/N-ethyl adjacent to an activating group) is 1. The Morgan fingerprint density at radius 3 is 2.76 bits per heavy atom. The molecule has 6 nitrogen and oxygen atoms in total. The van der Waals surface area contributed by atoms with Crippen molar-refractivity contribution >= 4 is 17.4 Å². The Labute approximate surface area is 147 Å². The zero-order chi connectivity index (χ0) is 17.2. The number of benzene rings is 1. The minimum Gasteiger partial charge on any atom is -0.493 e. The van der Waals surface area contributed by atoms with Crippen LogP contribution in [0.4, 0.5) is 11.5 Å². The lowest BCUT2D eigenvalue weighted by Crippen LogP contribution is -2.44. The van der Waals surface area contributed by atoms with Gasteiger partial charge in [-0.05, 0) is 42.9 Å². The van der Waals surface area contributed by atoms with Crippen LogP contribution in [0.25, 0.3) is 0 Å². The van der Waals surface area contributed by atoms with Crippen LogP contribution in [0.3, 0.4) is 0 Å². The molecule has 1 fully saturated rings. The van der Waals surface area contributed by atoms with Crippen molar-refractivity contribution in [3.05, 3.63) is 47.7 Å². The molecule has 1 amide bonds. The lowest BCUT2D eigenvalue weighted by atomic mass is 10.1. The molecule has 1 aromatic carbocycles. The first-order chi connectivity index (χ1) is 12.2. The zero-order valence-corrected chi connectivity index (χ0v) is 14.4. The predicted octanol–water partition coefficient (Wildman–Crippen LogP) is 2.02. The number of rotatable bonds is 3. The number of nitrogens with zero attached hydrogens (tertiary/aromatic N) is 3. The summed E-state index contributed by atoms with van der Waals surface area (Å²) in [5, 5.41) is 2.92. The SMILES string of the molecule is CN1CCN(c2ccc(NC(=O)c3ccc4c(c3)CCO4)cn2)CC1. The Morgan fingerprint density at radius 2 is 2.00 bits per heavy atom. The molecule has 0 saturated carbocycles. The van der Waals surface area contributed by atoms with Gasteiger partial charge in [0, 0.05) is 38.2 Å². The van der Waals surface area contributed by atoms with Gasteiger partial charge in [-0.2, -0.15) is 0 Å². The van der Waals surface area contributed by atoms with Crippen molar-refractivity contribution in [2.45, 2.75) is 6.42 Å². The van der Waals surface area contributed by atoms with Crippen LogP contribution in [0.15, 0.2) is 36.5 Å². The van der Waals surface area contributed by atoms with E-state index >= 15 is 0 Å². The number of carbonyl (C=O) groups is 1. The van der Waals surface area contributed by atoms with Crippen molar-refractivity contribution in [3.8, 4) is 5.75 Å². The van der Waals surface area contributed by atoms with E-state index in [1.165, 1.54) is 0 Å². The molecule has 0 aliphatic carbocycles. The highest BCUT2D eigenvalue weighted by molar-refractivity contribution is 6.04. The first-order valence-corrected chi connectivity index (χ1v) is 8.66. The number of fused-ring (bicyclic) bond motifs is 1. The summed E-state index contributed by atoms with van der Waals surface area (Å²) < 4.78 is 5.48. The third-order valence-corrected chi connectivity index (χ3v) is 4.78. The van der Waals surface area contributed by atoms with E-state index < -0.39 is 0 Å². The van der Waals surface area contributed by atoms with Crippen molar-refractivity contribution in [2.24, 2.45) is 0 Å². The summed E-state index contributed by atoms with van der Waals surface area (Å²) in [5.41, 5.74) is 2.45. The van der Waals surface area contributed by atoms with Gasteiger partial charge in [0.1, 0.15) is 11.6 Å². The van der Waals surface area contributed by atoms with Crippen LogP contribution in [-0.4, -0.2) is 55.6 Å². The maximum Gasteiger partial charge on any atom is 0.255 e. The van der Waals surface area contributed by atoms with Gasteiger partial charge in [0.15, 0.2) is 0 Å². The average Bonchev–Trinajstić information content (AvgIpc) is 3.11. The summed E-state index contributed by atoms with van der Waals surface area (Å²) >= 11 is 0. The third kappa shape index (κ3) is 3.44. The van der Waals surface area contributed by atoms with E-state index in [1.54, 1.807) is 12.3 Å². The second-order valence-electron chi connectivity index (χ2n) is 6.57. The average molecular weight is 338 g/mol. The number of aromatic nitrogens is 1. The number of piperazine rings is 1. The Kier molecular flexibility index (Phi) is 4.28. The minimum atomic E-state index is -0.121. The molecule has 2 aliphatic heterocycles. The van der Waals surface area contributed by atoms with Gasteiger partial charge in [-0.3, -0.25) is 4.79 Å². The van der Waals surface area contributed by atoms with Crippen LogP contribution in [0.2, 0.25) is 0 Å². The molecule has 0 bridgehead atoms. The standard InChI is InChI=1S/C19H22N4O2/c1-22-7-9-23(10-8-22)18-5-3-16(13-20-18)21-19(24)15-2-4-17-14(12-15)6-11-25-17/h2-5,12-13H,6-11H2,1H3,(H,21,24). The molecule has 0 radical (unpaired) electrons. The van der Waals surface area contributed by atoms with Crippen molar-refractivity contribution in [3.63, 3.8) is 0 Å². The van der Waals surface area contributed by atoms with Crippen LogP contribution in [0, 0.1) is 0 Å². The first-order valence-electron chi connectivity index (χ1n) is 8.66. The molecule has 3 heterocycles. The summed E-state index contributed by atoms with van der Waals surface area (Å²) in [4.78, 5) is 21.5. The second-order valence-corrected chi connectivity index (χ2v) is 6.57. The Hall–Kier alpha value is -2.60. The monoisotopic (exact) mass is 338 g/mol. The van der Waals surface area contributed by atoms with Gasteiger partial charge in [-0.15, -0.1) is 0 Å².